The Bertz CT molecular complexity index is 587. The third-order valence-corrected chi connectivity index (χ3v) is 4.17. The number of fused-ring (bicyclic) bond motifs is 1. The molecule has 0 spiro atoms. The largest absolute Gasteiger partial charge is 0.269 e. The lowest BCUT2D eigenvalue weighted by molar-refractivity contribution is 0.0527. The SMILES string of the molecule is O=C1c2ccccc2C(=O)N1[C@@H]1CCCC[C@H]1N=C=S. The summed E-state index contributed by atoms with van der Waals surface area (Å²) in [5.74, 6) is -0.413. The van der Waals surface area contributed by atoms with E-state index in [0.29, 0.717) is 11.1 Å². The third kappa shape index (κ3) is 1.99. The van der Waals surface area contributed by atoms with Crippen molar-refractivity contribution >= 4 is 29.2 Å². The number of amides is 2. The topological polar surface area (TPSA) is 49.7 Å². The first-order valence-electron chi connectivity index (χ1n) is 6.78. The normalized spacial score (nSPS) is 25.3. The molecule has 0 N–H and O–H groups in total. The summed E-state index contributed by atoms with van der Waals surface area (Å²) in [5, 5.41) is 2.40. The second-order valence-electron chi connectivity index (χ2n) is 5.17. The van der Waals surface area contributed by atoms with Gasteiger partial charge >= 0.3 is 0 Å². The predicted molar refractivity (Wildman–Crippen MR) is 78.0 cm³/mol. The lowest BCUT2D eigenvalue weighted by Crippen LogP contribution is -2.47. The fourth-order valence-electron chi connectivity index (χ4n) is 3.12. The molecule has 3 rings (SSSR count). The molecule has 2 aliphatic rings. The van der Waals surface area contributed by atoms with Gasteiger partial charge in [0.25, 0.3) is 11.8 Å². The Balaban J connectivity index is 1.97. The number of thiocarbonyl (C=S) groups is 1. The van der Waals surface area contributed by atoms with Crippen LogP contribution in [0.3, 0.4) is 0 Å². The van der Waals surface area contributed by atoms with Gasteiger partial charge in [-0.3, -0.25) is 14.5 Å². The molecule has 1 aliphatic heterocycles. The van der Waals surface area contributed by atoms with Crippen molar-refractivity contribution in [3.05, 3.63) is 35.4 Å². The zero-order valence-electron chi connectivity index (χ0n) is 10.9. The van der Waals surface area contributed by atoms with Gasteiger partial charge in [0.1, 0.15) is 0 Å². The van der Waals surface area contributed by atoms with Crippen LogP contribution in [-0.4, -0.2) is 34.0 Å². The molecule has 1 fully saturated rings. The Morgan fingerprint density at radius 2 is 1.70 bits per heavy atom. The summed E-state index contributed by atoms with van der Waals surface area (Å²) in [6.45, 7) is 0. The summed E-state index contributed by atoms with van der Waals surface area (Å²) in [6.07, 6.45) is 3.69. The van der Waals surface area contributed by atoms with Gasteiger partial charge < -0.3 is 0 Å². The van der Waals surface area contributed by atoms with E-state index in [-0.39, 0.29) is 23.9 Å². The summed E-state index contributed by atoms with van der Waals surface area (Å²) in [4.78, 5) is 30.5. The molecule has 1 aliphatic carbocycles. The monoisotopic (exact) mass is 286 g/mol. The molecule has 1 saturated carbocycles. The van der Waals surface area contributed by atoms with Crippen LogP contribution >= 0.6 is 12.2 Å². The second kappa shape index (κ2) is 5.27. The Morgan fingerprint density at radius 3 is 2.30 bits per heavy atom. The van der Waals surface area contributed by atoms with Crippen LogP contribution in [0.5, 0.6) is 0 Å². The van der Waals surface area contributed by atoms with Crippen molar-refractivity contribution in [2.45, 2.75) is 37.8 Å². The maximum atomic E-state index is 12.5. The zero-order valence-corrected chi connectivity index (χ0v) is 11.7. The average Bonchev–Trinajstić information content (AvgIpc) is 2.73. The molecule has 0 bridgehead atoms. The molecule has 0 radical (unpaired) electrons. The Kier molecular flexibility index (Phi) is 3.47. The Labute approximate surface area is 122 Å². The van der Waals surface area contributed by atoms with Crippen molar-refractivity contribution in [1.29, 1.82) is 0 Å². The molecule has 0 aromatic heterocycles. The lowest BCUT2D eigenvalue weighted by Gasteiger charge is -2.33. The Morgan fingerprint density at radius 1 is 1.10 bits per heavy atom. The molecule has 0 unspecified atom stereocenters. The van der Waals surface area contributed by atoms with Crippen LogP contribution in [-0.2, 0) is 0 Å². The highest BCUT2D eigenvalue weighted by atomic mass is 32.1. The first kappa shape index (κ1) is 13.2. The molecular weight excluding hydrogens is 272 g/mol. The summed E-state index contributed by atoms with van der Waals surface area (Å²) in [7, 11) is 0. The highest BCUT2D eigenvalue weighted by Gasteiger charge is 2.43. The molecule has 5 heteroatoms. The zero-order chi connectivity index (χ0) is 14.1. The van der Waals surface area contributed by atoms with Gasteiger partial charge in [-0.05, 0) is 37.2 Å². The molecule has 0 saturated heterocycles. The first-order valence-corrected chi connectivity index (χ1v) is 7.19. The number of isothiocyanates is 1. The van der Waals surface area contributed by atoms with Crippen LogP contribution < -0.4 is 0 Å². The first-order chi connectivity index (χ1) is 9.74. The van der Waals surface area contributed by atoms with E-state index in [0.717, 1.165) is 25.7 Å². The average molecular weight is 286 g/mol. The van der Waals surface area contributed by atoms with Crippen molar-refractivity contribution in [2.24, 2.45) is 4.99 Å². The smallest absolute Gasteiger partial charge is 0.261 e. The molecule has 20 heavy (non-hydrogen) atoms. The number of carbonyl (C=O) groups excluding carboxylic acids is 2. The van der Waals surface area contributed by atoms with Gasteiger partial charge in [-0.25, -0.2) is 4.99 Å². The minimum Gasteiger partial charge on any atom is -0.269 e. The van der Waals surface area contributed by atoms with Crippen LogP contribution in [0.2, 0.25) is 0 Å². The molecule has 2 atom stereocenters. The van der Waals surface area contributed by atoms with Crippen molar-refractivity contribution in [2.75, 3.05) is 0 Å². The quantitative estimate of drug-likeness (QED) is 0.477. The number of carbonyl (C=O) groups is 2. The van der Waals surface area contributed by atoms with E-state index < -0.39 is 0 Å². The minimum atomic E-state index is -0.206. The number of aliphatic imine (C=N–C) groups is 1. The van der Waals surface area contributed by atoms with Crippen LogP contribution in [0.25, 0.3) is 0 Å². The van der Waals surface area contributed by atoms with E-state index >= 15 is 0 Å². The molecule has 102 valence electrons. The summed E-state index contributed by atoms with van der Waals surface area (Å²) >= 11 is 4.68. The van der Waals surface area contributed by atoms with Crippen LogP contribution in [0, 0.1) is 0 Å². The Hall–Kier alpha value is -1.84. The molecule has 2 amide bonds. The van der Waals surface area contributed by atoms with Crippen molar-refractivity contribution in [3.8, 4) is 0 Å². The standard InChI is InChI=1S/C15H14N2O2S/c18-14-10-5-1-2-6-11(10)15(19)17(14)13-8-4-3-7-12(13)16-9-20/h1-2,5-6,12-13H,3-4,7-8H2/t12-,13-/m1/s1. The van der Waals surface area contributed by atoms with Gasteiger partial charge in [0.2, 0.25) is 0 Å². The van der Waals surface area contributed by atoms with Crippen molar-refractivity contribution in [3.63, 3.8) is 0 Å². The maximum Gasteiger partial charge on any atom is 0.261 e. The van der Waals surface area contributed by atoms with Gasteiger partial charge in [-0.1, -0.05) is 25.0 Å². The summed E-state index contributed by atoms with van der Waals surface area (Å²) in [5.41, 5.74) is 0.987. The second-order valence-corrected chi connectivity index (χ2v) is 5.35. The number of rotatable bonds is 2. The molecule has 1 aromatic carbocycles. The number of nitrogens with zero attached hydrogens (tertiary/aromatic N) is 2. The van der Waals surface area contributed by atoms with E-state index in [9.17, 15) is 9.59 Å². The van der Waals surface area contributed by atoms with E-state index in [1.54, 1.807) is 24.3 Å². The van der Waals surface area contributed by atoms with Crippen molar-refractivity contribution < 1.29 is 9.59 Å². The van der Waals surface area contributed by atoms with Gasteiger partial charge in [0.15, 0.2) is 0 Å². The molecule has 1 aromatic rings. The maximum absolute atomic E-state index is 12.5. The number of hydrogen-bond donors (Lipinski definition) is 0. The highest BCUT2D eigenvalue weighted by Crippen LogP contribution is 2.32. The number of hydrogen-bond acceptors (Lipinski definition) is 4. The summed E-state index contributed by atoms with van der Waals surface area (Å²) < 4.78 is 0. The highest BCUT2D eigenvalue weighted by molar-refractivity contribution is 7.78. The van der Waals surface area contributed by atoms with E-state index in [1.165, 1.54) is 4.90 Å². The summed E-state index contributed by atoms with van der Waals surface area (Å²) in [6, 6.07) is 6.67. The van der Waals surface area contributed by atoms with Gasteiger partial charge in [0, 0.05) is 0 Å². The molecular formula is C15H14N2O2S. The fraction of sp³-hybridized carbons (Fsp3) is 0.400. The van der Waals surface area contributed by atoms with Crippen LogP contribution in [0.4, 0.5) is 0 Å². The molecule has 4 nitrogen and oxygen atoms in total. The van der Waals surface area contributed by atoms with Crippen LogP contribution in [0.1, 0.15) is 46.4 Å². The van der Waals surface area contributed by atoms with Gasteiger partial charge in [0.05, 0.1) is 28.4 Å². The lowest BCUT2D eigenvalue weighted by atomic mass is 9.89. The third-order valence-electron chi connectivity index (χ3n) is 4.07. The van der Waals surface area contributed by atoms with Gasteiger partial charge in [-0.2, -0.15) is 0 Å². The predicted octanol–water partition coefficient (Wildman–Crippen LogP) is 2.70. The molecule has 1 heterocycles. The fourth-order valence-corrected chi connectivity index (χ4v) is 3.26. The van der Waals surface area contributed by atoms with E-state index in [4.69, 9.17) is 0 Å². The van der Waals surface area contributed by atoms with Crippen molar-refractivity contribution in [1.82, 2.24) is 4.90 Å². The minimum absolute atomic E-state index is 0.108. The number of imide groups is 1. The van der Waals surface area contributed by atoms with E-state index in [1.807, 2.05) is 0 Å². The number of benzene rings is 1. The van der Waals surface area contributed by atoms with Gasteiger partial charge in [-0.15, -0.1) is 0 Å². The van der Waals surface area contributed by atoms with Crippen LogP contribution in [0.15, 0.2) is 29.3 Å². The van der Waals surface area contributed by atoms with E-state index in [2.05, 4.69) is 22.4 Å².